The molecular formula is C34H32N6O4. The lowest BCUT2D eigenvalue weighted by molar-refractivity contribution is -0.189. The number of urea groups is 1. The number of hydrogen-bond acceptors (Lipinski definition) is 6. The van der Waals surface area contributed by atoms with Crippen LogP contribution in [0.25, 0.3) is 10.9 Å². The van der Waals surface area contributed by atoms with Crippen LogP contribution >= 0.6 is 0 Å². The Kier molecular flexibility index (Phi) is 8.12. The summed E-state index contributed by atoms with van der Waals surface area (Å²) in [6, 6.07) is 24.4. The summed E-state index contributed by atoms with van der Waals surface area (Å²) < 4.78 is 0. The first kappa shape index (κ1) is 28.7. The predicted molar refractivity (Wildman–Crippen MR) is 164 cm³/mol. The summed E-state index contributed by atoms with van der Waals surface area (Å²) in [5.41, 5.74) is 3.41. The Labute approximate surface area is 255 Å². The molecule has 0 spiro atoms. The number of carbonyl (C=O) groups excluding carboxylic acids is 3. The highest BCUT2D eigenvalue weighted by Crippen LogP contribution is 2.30. The number of aromatic nitrogens is 1. The SMILES string of the molecule is C#CCN1CC(=O)N2[C@@H](Cc3ccc(O)cc3)C(=O)N(Cc3cccc4ncccc34)C[C@@H]2N1C(=O)NCc1ccccc1. The second-order valence-electron chi connectivity index (χ2n) is 10.9. The molecule has 10 heteroatoms. The number of phenolic OH excluding ortho intramolecular Hbond substituents is 1. The maximum absolute atomic E-state index is 14.2. The topological polar surface area (TPSA) is 109 Å². The number of phenols is 1. The lowest BCUT2D eigenvalue weighted by Gasteiger charge is -2.55. The summed E-state index contributed by atoms with van der Waals surface area (Å²) in [6.45, 7) is 0.533. The third-order valence-electron chi connectivity index (χ3n) is 8.06. The highest BCUT2D eigenvalue weighted by atomic mass is 16.3. The van der Waals surface area contributed by atoms with Crippen molar-refractivity contribution in [2.24, 2.45) is 0 Å². The summed E-state index contributed by atoms with van der Waals surface area (Å²) in [4.78, 5) is 49.5. The molecule has 0 bridgehead atoms. The number of hydrazine groups is 1. The highest BCUT2D eigenvalue weighted by molar-refractivity contribution is 5.92. The minimum absolute atomic E-state index is 0.0421. The van der Waals surface area contributed by atoms with Crippen molar-refractivity contribution in [3.8, 4) is 18.1 Å². The van der Waals surface area contributed by atoms with E-state index in [1.54, 1.807) is 40.4 Å². The fraction of sp³-hybridized carbons (Fsp3) is 0.235. The van der Waals surface area contributed by atoms with Crippen molar-refractivity contribution in [3.05, 3.63) is 108 Å². The van der Waals surface area contributed by atoms with Gasteiger partial charge in [0.2, 0.25) is 11.8 Å². The third-order valence-corrected chi connectivity index (χ3v) is 8.06. The van der Waals surface area contributed by atoms with Gasteiger partial charge in [0.25, 0.3) is 0 Å². The summed E-state index contributed by atoms with van der Waals surface area (Å²) >= 11 is 0. The van der Waals surface area contributed by atoms with Crippen LogP contribution in [0.4, 0.5) is 4.79 Å². The average molecular weight is 589 g/mol. The Balaban J connectivity index is 1.37. The van der Waals surface area contributed by atoms with Gasteiger partial charge in [-0.2, -0.15) is 5.01 Å². The third kappa shape index (κ3) is 5.78. The minimum atomic E-state index is -0.878. The van der Waals surface area contributed by atoms with Gasteiger partial charge in [0, 0.05) is 31.1 Å². The molecule has 222 valence electrons. The second-order valence-corrected chi connectivity index (χ2v) is 10.9. The van der Waals surface area contributed by atoms with Crippen LogP contribution in [0.15, 0.2) is 91.1 Å². The molecule has 2 aliphatic heterocycles. The number of fused-ring (bicyclic) bond motifs is 2. The summed E-state index contributed by atoms with van der Waals surface area (Å²) in [7, 11) is 0. The molecule has 2 fully saturated rings. The van der Waals surface area contributed by atoms with Crippen LogP contribution in [0.1, 0.15) is 16.7 Å². The van der Waals surface area contributed by atoms with Gasteiger partial charge in [-0.3, -0.25) is 14.6 Å². The number of aromatic hydroxyl groups is 1. The fourth-order valence-corrected chi connectivity index (χ4v) is 6.00. The number of terminal acetylenes is 1. The number of pyridine rings is 1. The van der Waals surface area contributed by atoms with Crippen LogP contribution in [0.3, 0.4) is 0 Å². The van der Waals surface area contributed by atoms with Crippen molar-refractivity contribution in [1.82, 2.24) is 30.1 Å². The van der Waals surface area contributed by atoms with E-state index in [2.05, 4.69) is 16.2 Å². The molecule has 2 N–H and O–H groups in total. The van der Waals surface area contributed by atoms with E-state index in [9.17, 15) is 19.5 Å². The van der Waals surface area contributed by atoms with E-state index in [-0.39, 0.29) is 56.7 Å². The summed E-state index contributed by atoms with van der Waals surface area (Å²) in [5.74, 6) is 2.16. The molecule has 0 aliphatic carbocycles. The number of rotatable bonds is 7. The van der Waals surface area contributed by atoms with Crippen molar-refractivity contribution in [3.63, 3.8) is 0 Å². The normalized spacial score (nSPS) is 18.7. The molecule has 6 rings (SSSR count). The molecule has 2 aliphatic rings. The fourth-order valence-electron chi connectivity index (χ4n) is 6.00. The molecular weight excluding hydrogens is 556 g/mol. The zero-order valence-electron chi connectivity index (χ0n) is 24.0. The molecule has 4 amide bonds. The first-order valence-corrected chi connectivity index (χ1v) is 14.4. The molecule has 4 aromatic rings. The molecule has 2 saturated heterocycles. The molecule has 0 unspecified atom stereocenters. The lowest BCUT2D eigenvalue weighted by atomic mass is 9.98. The van der Waals surface area contributed by atoms with Crippen molar-refractivity contribution >= 4 is 28.7 Å². The zero-order valence-corrected chi connectivity index (χ0v) is 24.0. The number of benzene rings is 3. The number of hydrogen-bond donors (Lipinski definition) is 2. The van der Waals surface area contributed by atoms with Crippen LogP contribution < -0.4 is 5.32 Å². The van der Waals surface area contributed by atoms with Gasteiger partial charge in [-0.05, 0) is 41.0 Å². The van der Waals surface area contributed by atoms with Crippen LogP contribution in [-0.4, -0.2) is 79.6 Å². The number of nitrogens with zero attached hydrogens (tertiary/aromatic N) is 5. The van der Waals surface area contributed by atoms with Crippen LogP contribution in [0.2, 0.25) is 0 Å². The monoisotopic (exact) mass is 588 g/mol. The second kappa shape index (κ2) is 12.5. The Morgan fingerprint density at radius 3 is 2.55 bits per heavy atom. The highest BCUT2D eigenvalue weighted by Gasteiger charge is 2.51. The van der Waals surface area contributed by atoms with Crippen molar-refractivity contribution in [2.75, 3.05) is 19.6 Å². The maximum Gasteiger partial charge on any atom is 0.334 e. The van der Waals surface area contributed by atoms with Gasteiger partial charge in [0.15, 0.2) is 0 Å². The number of carbonyl (C=O) groups is 3. The number of piperazine rings is 1. The first-order chi connectivity index (χ1) is 21.4. The molecule has 3 heterocycles. The smallest absolute Gasteiger partial charge is 0.334 e. The van der Waals surface area contributed by atoms with Crippen LogP contribution in [-0.2, 0) is 29.1 Å². The predicted octanol–water partition coefficient (Wildman–Crippen LogP) is 3.12. The van der Waals surface area contributed by atoms with Crippen LogP contribution in [0, 0.1) is 12.3 Å². The Hall–Kier alpha value is -5.40. The van der Waals surface area contributed by atoms with Crippen molar-refractivity contribution in [1.29, 1.82) is 0 Å². The zero-order chi connectivity index (χ0) is 30.6. The number of nitrogens with one attached hydrogen (secondary N) is 1. The van der Waals surface area contributed by atoms with Gasteiger partial charge < -0.3 is 20.2 Å². The quantitative estimate of drug-likeness (QED) is 0.321. The molecule has 44 heavy (non-hydrogen) atoms. The van der Waals surface area contributed by atoms with E-state index in [4.69, 9.17) is 6.42 Å². The van der Waals surface area contributed by atoms with Gasteiger partial charge in [-0.15, -0.1) is 6.42 Å². The van der Waals surface area contributed by atoms with E-state index in [1.165, 1.54) is 9.91 Å². The largest absolute Gasteiger partial charge is 0.508 e. The molecule has 3 aromatic carbocycles. The summed E-state index contributed by atoms with van der Waals surface area (Å²) in [6.07, 6.45) is 6.82. The van der Waals surface area contributed by atoms with Gasteiger partial charge in [-0.25, -0.2) is 9.80 Å². The molecule has 0 radical (unpaired) electrons. The van der Waals surface area contributed by atoms with E-state index >= 15 is 0 Å². The Bertz CT molecular complexity index is 1720. The Morgan fingerprint density at radius 2 is 1.77 bits per heavy atom. The van der Waals surface area contributed by atoms with Gasteiger partial charge in [0.05, 0.1) is 25.2 Å². The van der Waals surface area contributed by atoms with Crippen LogP contribution in [0.5, 0.6) is 5.75 Å². The van der Waals surface area contributed by atoms with E-state index in [0.717, 1.165) is 27.6 Å². The molecule has 1 aromatic heterocycles. The Morgan fingerprint density at radius 1 is 0.977 bits per heavy atom. The first-order valence-electron chi connectivity index (χ1n) is 14.4. The van der Waals surface area contributed by atoms with Gasteiger partial charge >= 0.3 is 6.03 Å². The van der Waals surface area contributed by atoms with Crippen molar-refractivity contribution < 1.29 is 19.5 Å². The van der Waals surface area contributed by atoms with E-state index in [1.807, 2.05) is 60.7 Å². The molecule has 0 saturated carbocycles. The molecule has 2 atom stereocenters. The lowest BCUT2D eigenvalue weighted by Crippen LogP contribution is -2.76. The average Bonchev–Trinajstić information content (AvgIpc) is 3.03. The minimum Gasteiger partial charge on any atom is -0.508 e. The summed E-state index contributed by atoms with van der Waals surface area (Å²) in [5, 5.41) is 16.8. The van der Waals surface area contributed by atoms with E-state index < -0.39 is 18.2 Å². The van der Waals surface area contributed by atoms with Gasteiger partial charge in [0.1, 0.15) is 18.0 Å². The number of amides is 4. The standard InChI is InChI=1S/C34H32N6O4/c1-2-18-38-23-32(42)39-30(19-24-13-15-27(41)16-14-24)33(43)37(21-26-10-6-12-29-28(26)11-7-17-35-29)22-31(39)40(38)34(44)36-20-25-8-4-3-5-9-25/h1,3-17,30-31,41H,18-23H2,(H,36,44)/t30-,31-/m0/s1. The maximum atomic E-state index is 14.2. The van der Waals surface area contributed by atoms with Crippen molar-refractivity contribution in [2.45, 2.75) is 31.7 Å². The van der Waals surface area contributed by atoms with Gasteiger partial charge in [-0.1, -0.05) is 66.6 Å². The molecule has 10 nitrogen and oxygen atoms in total. The van der Waals surface area contributed by atoms with E-state index in [0.29, 0.717) is 0 Å².